The maximum atomic E-state index is 12.4. The van der Waals surface area contributed by atoms with Crippen LogP contribution in [0.2, 0.25) is 5.02 Å². The number of fused-ring (bicyclic) bond motifs is 1. The number of piperidine rings is 1. The van der Waals surface area contributed by atoms with E-state index in [1.165, 1.54) is 0 Å². The van der Waals surface area contributed by atoms with Crippen molar-refractivity contribution >= 4 is 40.4 Å². The Balaban J connectivity index is 1.31. The molecule has 0 atom stereocenters. The molecule has 0 saturated carbocycles. The molecule has 1 N–H and O–H groups in total. The number of aromatic amines is 1. The van der Waals surface area contributed by atoms with Crippen molar-refractivity contribution in [2.75, 3.05) is 29.4 Å². The number of para-hydroxylation sites is 1. The summed E-state index contributed by atoms with van der Waals surface area (Å²) in [4.78, 5) is 24.4. The third kappa shape index (κ3) is 2.90. The number of aromatic nitrogens is 2. The molecule has 138 valence electrons. The summed E-state index contributed by atoms with van der Waals surface area (Å²) in [7, 11) is 0. The number of nitrogens with one attached hydrogen (secondary N) is 1. The first-order chi connectivity index (χ1) is 13.1. The predicted molar refractivity (Wildman–Crippen MR) is 106 cm³/mol. The van der Waals surface area contributed by atoms with E-state index in [2.05, 4.69) is 14.9 Å². The van der Waals surface area contributed by atoms with Crippen molar-refractivity contribution in [3.63, 3.8) is 0 Å². The van der Waals surface area contributed by atoms with E-state index in [0.717, 1.165) is 48.6 Å². The summed E-state index contributed by atoms with van der Waals surface area (Å²) in [5.41, 5.74) is 2.30. The number of rotatable bonds is 2. The quantitative estimate of drug-likeness (QED) is 0.721. The van der Waals surface area contributed by atoms with Gasteiger partial charge >= 0.3 is 6.09 Å². The molecule has 6 nitrogen and oxygen atoms in total. The lowest BCUT2D eigenvalue weighted by Crippen LogP contribution is -2.47. The van der Waals surface area contributed by atoms with Gasteiger partial charge in [-0.3, -0.25) is 4.90 Å². The van der Waals surface area contributed by atoms with Gasteiger partial charge in [0.15, 0.2) is 0 Å². The van der Waals surface area contributed by atoms with Crippen LogP contribution in [0.15, 0.2) is 48.5 Å². The van der Waals surface area contributed by atoms with Crippen LogP contribution in [-0.4, -0.2) is 41.3 Å². The van der Waals surface area contributed by atoms with Crippen molar-refractivity contribution in [3.8, 4) is 0 Å². The Morgan fingerprint density at radius 3 is 2.67 bits per heavy atom. The topological polar surface area (TPSA) is 61.5 Å². The number of hydrogen-bond donors (Lipinski definition) is 1. The molecule has 2 fully saturated rings. The van der Waals surface area contributed by atoms with E-state index < -0.39 is 5.60 Å². The average molecular weight is 383 g/mol. The molecule has 1 aromatic heterocycles. The van der Waals surface area contributed by atoms with Crippen LogP contribution in [0.3, 0.4) is 0 Å². The maximum absolute atomic E-state index is 12.4. The first-order valence-electron chi connectivity index (χ1n) is 9.08. The van der Waals surface area contributed by atoms with Gasteiger partial charge in [-0.1, -0.05) is 29.8 Å². The molecular weight excluding hydrogens is 364 g/mol. The number of carbonyl (C=O) groups excluding carboxylic acids is 1. The molecule has 0 unspecified atom stereocenters. The van der Waals surface area contributed by atoms with Gasteiger partial charge in [-0.2, -0.15) is 0 Å². The number of nitrogens with zero attached hydrogens (tertiary/aromatic N) is 3. The molecule has 0 bridgehead atoms. The van der Waals surface area contributed by atoms with Crippen LogP contribution >= 0.6 is 11.6 Å². The Hall–Kier alpha value is -2.73. The summed E-state index contributed by atoms with van der Waals surface area (Å²) >= 11 is 6.06. The Kier molecular flexibility index (Phi) is 3.75. The lowest BCUT2D eigenvalue weighted by Gasteiger charge is -2.37. The minimum Gasteiger partial charge on any atom is -0.440 e. The smallest absolute Gasteiger partial charge is 0.415 e. The maximum Gasteiger partial charge on any atom is 0.415 e. The highest BCUT2D eigenvalue weighted by atomic mass is 35.5. The fourth-order valence-corrected chi connectivity index (χ4v) is 4.11. The van der Waals surface area contributed by atoms with Gasteiger partial charge in [-0.15, -0.1) is 0 Å². The van der Waals surface area contributed by atoms with Gasteiger partial charge in [-0.25, -0.2) is 9.78 Å². The highest BCUT2D eigenvalue weighted by Gasteiger charge is 2.47. The molecule has 1 amide bonds. The number of hydrogen-bond acceptors (Lipinski definition) is 4. The lowest BCUT2D eigenvalue weighted by molar-refractivity contribution is 0.0365. The third-order valence-corrected chi connectivity index (χ3v) is 5.68. The third-order valence-electron chi connectivity index (χ3n) is 5.44. The molecule has 2 saturated heterocycles. The average Bonchev–Trinajstić information content (AvgIpc) is 3.24. The summed E-state index contributed by atoms with van der Waals surface area (Å²) in [6, 6.07) is 15.3. The number of H-pyrrole nitrogens is 1. The first-order valence-corrected chi connectivity index (χ1v) is 9.46. The fraction of sp³-hybridized carbons (Fsp3) is 0.300. The van der Waals surface area contributed by atoms with Gasteiger partial charge in [0.2, 0.25) is 5.95 Å². The van der Waals surface area contributed by atoms with Crippen molar-refractivity contribution < 1.29 is 9.53 Å². The van der Waals surface area contributed by atoms with Gasteiger partial charge in [0.1, 0.15) is 5.60 Å². The number of imidazole rings is 1. The van der Waals surface area contributed by atoms with Crippen LogP contribution in [0.5, 0.6) is 0 Å². The molecule has 0 aliphatic carbocycles. The number of benzene rings is 2. The Morgan fingerprint density at radius 2 is 1.89 bits per heavy atom. The van der Waals surface area contributed by atoms with E-state index in [-0.39, 0.29) is 6.09 Å². The van der Waals surface area contributed by atoms with Gasteiger partial charge in [0, 0.05) is 36.6 Å². The molecular formula is C20H19ClN4O2. The molecule has 7 heteroatoms. The number of anilines is 2. The molecule has 0 radical (unpaired) electrons. The molecule has 2 aliphatic heterocycles. The summed E-state index contributed by atoms with van der Waals surface area (Å²) in [5, 5.41) is 0.689. The molecule has 3 aromatic rings. The largest absolute Gasteiger partial charge is 0.440 e. The van der Waals surface area contributed by atoms with Gasteiger partial charge in [0.05, 0.1) is 17.6 Å². The Morgan fingerprint density at radius 1 is 1.11 bits per heavy atom. The van der Waals surface area contributed by atoms with Crippen LogP contribution in [0, 0.1) is 0 Å². The Labute approximate surface area is 161 Å². The Bertz CT molecular complexity index is 996. The lowest BCUT2D eigenvalue weighted by atomic mass is 9.91. The summed E-state index contributed by atoms with van der Waals surface area (Å²) in [5.74, 6) is 0.839. The van der Waals surface area contributed by atoms with Crippen LogP contribution in [-0.2, 0) is 4.74 Å². The highest BCUT2D eigenvalue weighted by molar-refractivity contribution is 6.31. The van der Waals surface area contributed by atoms with Crippen molar-refractivity contribution in [2.45, 2.75) is 18.4 Å². The summed E-state index contributed by atoms with van der Waals surface area (Å²) in [6.45, 7) is 2.16. The summed E-state index contributed by atoms with van der Waals surface area (Å²) < 4.78 is 5.83. The van der Waals surface area contributed by atoms with Gasteiger partial charge in [-0.05, 0) is 30.3 Å². The number of amides is 1. The molecule has 2 aromatic carbocycles. The van der Waals surface area contributed by atoms with E-state index in [1.54, 1.807) is 4.90 Å². The van der Waals surface area contributed by atoms with Crippen molar-refractivity contribution in [3.05, 3.63) is 53.6 Å². The summed E-state index contributed by atoms with van der Waals surface area (Å²) in [6.07, 6.45) is 1.30. The molecule has 3 heterocycles. The van der Waals surface area contributed by atoms with Crippen LogP contribution in [0.1, 0.15) is 12.8 Å². The molecule has 2 aliphatic rings. The van der Waals surface area contributed by atoms with Gasteiger partial charge in [0.25, 0.3) is 0 Å². The second kappa shape index (κ2) is 6.16. The van der Waals surface area contributed by atoms with E-state index in [1.807, 2.05) is 48.5 Å². The zero-order chi connectivity index (χ0) is 18.4. The van der Waals surface area contributed by atoms with Crippen molar-refractivity contribution in [2.24, 2.45) is 0 Å². The standard InChI is InChI=1S/C20H19ClN4O2/c21-14-6-7-16-17(12-14)23-18(22-16)24-10-8-20(9-11-24)13-25(19(26)27-20)15-4-2-1-3-5-15/h1-7,12H,8-11,13H2,(H,22,23). The van der Waals surface area contributed by atoms with E-state index in [4.69, 9.17) is 16.3 Å². The predicted octanol–water partition coefficient (Wildman–Crippen LogP) is 4.21. The SMILES string of the molecule is O=C1OC2(CCN(c3nc4ccc(Cl)cc4[nH]3)CC2)CN1c1ccccc1. The minimum absolute atomic E-state index is 0.256. The second-order valence-electron chi connectivity index (χ2n) is 7.18. The van der Waals surface area contributed by atoms with Crippen LogP contribution < -0.4 is 9.80 Å². The van der Waals surface area contributed by atoms with Gasteiger partial charge < -0.3 is 14.6 Å². The first kappa shape index (κ1) is 16.4. The minimum atomic E-state index is -0.418. The monoisotopic (exact) mass is 382 g/mol. The second-order valence-corrected chi connectivity index (χ2v) is 7.62. The van der Waals surface area contributed by atoms with E-state index in [0.29, 0.717) is 11.6 Å². The van der Waals surface area contributed by atoms with Crippen molar-refractivity contribution in [1.29, 1.82) is 0 Å². The number of halogens is 1. The zero-order valence-corrected chi connectivity index (χ0v) is 15.4. The zero-order valence-electron chi connectivity index (χ0n) is 14.7. The van der Waals surface area contributed by atoms with Crippen LogP contribution in [0.4, 0.5) is 16.4 Å². The number of ether oxygens (including phenoxy) is 1. The molecule has 1 spiro atoms. The fourth-order valence-electron chi connectivity index (χ4n) is 3.93. The molecule has 27 heavy (non-hydrogen) atoms. The normalized spacial score (nSPS) is 19.1. The van der Waals surface area contributed by atoms with E-state index in [9.17, 15) is 4.79 Å². The molecule has 5 rings (SSSR count). The van der Waals surface area contributed by atoms with E-state index >= 15 is 0 Å². The van der Waals surface area contributed by atoms with Crippen molar-refractivity contribution in [1.82, 2.24) is 9.97 Å². The van der Waals surface area contributed by atoms with Crippen LogP contribution in [0.25, 0.3) is 11.0 Å². The number of carbonyl (C=O) groups is 1. The highest BCUT2D eigenvalue weighted by Crippen LogP contribution is 2.36.